The van der Waals surface area contributed by atoms with E-state index in [9.17, 15) is 10.1 Å². The summed E-state index contributed by atoms with van der Waals surface area (Å²) in [6, 6.07) is 7.58. The molecule has 0 bridgehead atoms. The average molecular weight is 371 g/mol. The van der Waals surface area contributed by atoms with Crippen LogP contribution >= 0.6 is 15.9 Å². The Morgan fingerprint density at radius 2 is 2.17 bits per heavy atom. The predicted molar refractivity (Wildman–Crippen MR) is 87.3 cm³/mol. The van der Waals surface area contributed by atoms with Crippen LogP contribution in [0.1, 0.15) is 16.8 Å². The van der Waals surface area contributed by atoms with Gasteiger partial charge in [0, 0.05) is 27.0 Å². The van der Waals surface area contributed by atoms with Crippen molar-refractivity contribution >= 4 is 33.3 Å². The van der Waals surface area contributed by atoms with Crippen LogP contribution in [0, 0.1) is 18.3 Å². The van der Waals surface area contributed by atoms with Gasteiger partial charge in [0.2, 0.25) is 5.91 Å². The molecular weight excluding hydrogens is 360 g/mol. The molecule has 1 aromatic carbocycles. The first-order chi connectivity index (χ1) is 11.0. The van der Waals surface area contributed by atoms with Crippen molar-refractivity contribution in [1.82, 2.24) is 10.2 Å². The molecule has 0 radical (unpaired) electrons. The number of anilines is 2. The molecule has 114 valence electrons. The van der Waals surface area contributed by atoms with Gasteiger partial charge in [-0.25, -0.2) is 0 Å². The van der Waals surface area contributed by atoms with Crippen molar-refractivity contribution in [2.75, 3.05) is 10.6 Å². The number of carbonyl (C=O) groups is 1. The molecule has 1 unspecified atom stereocenters. The quantitative estimate of drug-likeness (QED) is 0.563. The highest BCUT2D eigenvalue weighted by Crippen LogP contribution is 2.53. The summed E-state index contributed by atoms with van der Waals surface area (Å²) in [6.45, 7) is 1.81. The number of hydrogen-bond acceptors (Lipinski definition) is 5. The monoisotopic (exact) mass is 370 g/mol. The summed E-state index contributed by atoms with van der Waals surface area (Å²) in [5.41, 5.74) is 7.57. The molecule has 8 heteroatoms. The molecule has 7 nitrogen and oxygen atoms in total. The Morgan fingerprint density at radius 3 is 2.91 bits per heavy atom. The van der Waals surface area contributed by atoms with E-state index in [2.05, 4.69) is 42.8 Å². The lowest BCUT2D eigenvalue weighted by Crippen LogP contribution is -2.43. The largest absolute Gasteiger partial charge is 0.384 e. The number of amides is 1. The van der Waals surface area contributed by atoms with Gasteiger partial charge >= 0.3 is 0 Å². The van der Waals surface area contributed by atoms with Crippen molar-refractivity contribution in [2.45, 2.75) is 12.3 Å². The summed E-state index contributed by atoms with van der Waals surface area (Å²) in [5, 5.41) is 22.5. The normalized spacial score (nSPS) is 21.5. The number of H-pyrrole nitrogens is 1. The maximum absolute atomic E-state index is 13.0. The van der Waals surface area contributed by atoms with E-state index in [1.165, 1.54) is 0 Å². The van der Waals surface area contributed by atoms with Crippen LogP contribution in [0.3, 0.4) is 0 Å². The third-order valence-electron chi connectivity index (χ3n) is 4.31. The third-order valence-corrected chi connectivity index (χ3v) is 4.80. The Morgan fingerprint density at radius 1 is 1.39 bits per heavy atom. The molecule has 1 amide bonds. The Kier molecular flexibility index (Phi) is 2.63. The highest BCUT2D eigenvalue weighted by molar-refractivity contribution is 9.10. The number of nitrogens with one attached hydrogen (secondary N) is 3. The number of rotatable bonds is 0. The van der Waals surface area contributed by atoms with Crippen LogP contribution in [-0.4, -0.2) is 16.1 Å². The summed E-state index contributed by atoms with van der Waals surface area (Å²) in [5.74, 6) is 0.286. The molecule has 5 N–H and O–H groups in total. The SMILES string of the molecule is Cc1[nH]nc2c1C1(C(=O)Nc3ccc(Br)cc31)C(C#N)=C(N)N2. The molecule has 0 fully saturated rings. The zero-order valence-electron chi connectivity index (χ0n) is 12.0. The first kappa shape index (κ1) is 13.8. The van der Waals surface area contributed by atoms with Gasteiger partial charge in [0.1, 0.15) is 17.3 Å². The molecule has 2 aliphatic rings. The summed E-state index contributed by atoms with van der Waals surface area (Å²) in [4.78, 5) is 13.0. The van der Waals surface area contributed by atoms with E-state index in [-0.39, 0.29) is 17.3 Å². The Labute approximate surface area is 139 Å². The van der Waals surface area contributed by atoms with Crippen LogP contribution in [0.2, 0.25) is 0 Å². The molecular formula is C15H11BrN6O. The van der Waals surface area contributed by atoms with E-state index >= 15 is 0 Å². The number of aromatic nitrogens is 2. The highest BCUT2D eigenvalue weighted by atomic mass is 79.9. The van der Waals surface area contributed by atoms with Gasteiger partial charge < -0.3 is 16.4 Å². The number of aryl methyl sites for hydroxylation is 1. The van der Waals surface area contributed by atoms with Gasteiger partial charge in [0.25, 0.3) is 0 Å². The zero-order valence-corrected chi connectivity index (χ0v) is 13.6. The van der Waals surface area contributed by atoms with Crippen LogP contribution in [-0.2, 0) is 10.2 Å². The second-order valence-electron chi connectivity index (χ2n) is 5.49. The number of hydrogen-bond donors (Lipinski definition) is 4. The van der Waals surface area contributed by atoms with Crippen LogP contribution < -0.4 is 16.4 Å². The lowest BCUT2D eigenvalue weighted by Gasteiger charge is -2.32. The smallest absolute Gasteiger partial charge is 0.245 e. The molecule has 23 heavy (non-hydrogen) atoms. The van der Waals surface area contributed by atoms with Crippen LogP contribution in [0.25, 0.3) is 0 Å². The molecule has 0 saturated heterocycles. The third kappa shape index (κ3) is 1.52. The van der Waals surface area contributed by atoms with Gasteiger partial charge in [-0.3, -0.25) is 9.89 Å². The summed E-state index contributed by atoms with van der Waals surface area (Å²) < 4.78 is 0.809. The molecule has 0 saturated carbocycles. The van der Waals surface area contributed by atoms with Crippen molar-refractivity contribution in [3.05, 3.63) is 50.9 Å². The minimum atomic E-state index is -1.30. The molecule has 1 aromatic heterocycles. The number of nitriles is 1. The second kappa shape index (κ2) is 4.36. The molecule has 4 rings (SSSR count). The van der Waals surface area contributed by atoms with E-state index in [0.717, 1.165) is 4.47 Å². The number of benzene rings is 1. The fourth-order valence-corrected chi connectivity index (χ4v) is 3.77. The second-order valence-corrected chi connectivity index (χ2v) is 6.41. The van der Waals surface area contributed by atoms with Gasteiger partial charge in [-0.15, -0.1) is 0 Å². The topological polar surface area (TPSA) is 120 Å². The molecule has 3 heterocycles. The van der Waals surface area contributed by atoms with Crippen LogP contribution in [0.5, 0.6) is 0 Å². The average Bonchev–Trinajstić information content (AvgIpc) is 3.00. The zero-order chi connectivity index (χ0) is 16.4. The van der Waals surface area contributed by atoms with E-state index in [1.54, 1.807) is 6.07 Å². The lowest BCUT2D eigenvalue weighted by molar-refractivity contribution is -0.118. The van der Waals surface area contributed by atoms with E-state index in [4.69, 9.17) is 5.73 Å². The maximum atomic E-state index is 13.0. The number of nitrogens with zero attached hydrogens (tertiary/aromatic N) is 2. The lowest BCUT2D eigenvalue weighted by atomic mass is 9.68. The van der Waals surface area contributed by atoms with Crippen molar-refractivity contribution in [1.29, 1.82) is 5.26 Å². The van der Waals surface area contributed by atoms with E-state index in [1.807, 2.05) is 19.1 Å². The van der Waals surface area contributed by atoms with Gasteiger partial charge in [-0.2, -0.15) is 10.4 Å². The van der Waals surface area contributed by atoms with Gasteiger partial charge in [-0.1, -0.05) is 15.9 Å². The number of halogens is 1. The van der Waals surface area contributed by atoms with Crippen molar-refractivity contribution in [3.8, 4) is 6.07 Å². The highest BCUT2D eigenvalue weighted by Gasteiger charge is 2.57. The number of nitrogens with two attached hydrogens (primary N) is 1. The van der Waals surface area contributed by atoms with Crippen molar-refractivity contribution < 1.29 is 4.79 Å². The molecule has 0 aliphatic carbocycles. The molecule has 1 spiro atoms. The van der Waals surface area contributed by atoms with Crippen molar-refractivity contribution in [2.24, 2.45) is 5.73 Å². The van der Waals surface area contributed by atoms with Gasteiger partial charge in [0.05, 0.1) is 5.57 Å². The Bertz CT molecular complexity index is 953. The summed E-state index contributed by atoms with van der Waals surface area (Å²) in [6.07, 6.45) is 0. The number of fused-ring (bicyclic) bond motifs is 4. The van der Waals surface area contributed by atoms with Crippen LogP contribution in [0.15, 0.2) is 34.1 Å². The molecule has 2 aliphatic heterocycles. The predicted octanol–water partition coefficient (Wildman–Crippen LogP) is 1.84. The van der Waals surface area contributed by atoms with E-state index in [0.29, 0.717) is 28.3 Å². The standard InChI is InChI=1S/C15H11BrN6O/c1-6-11-13(22-21-6)20-12(18)9(5-17)15(11)8-4-7(16)2-3-10(8)19-14(15)23/h2-4H,18H2,1H3,(H,19,23)(H2,20,21,22). The number of aromatic amines is 1. The first-order valence-corrected chi connectivity index (χ1v) is 7.63. The molecule has 1 atom stereocenters. The molecule has 2 aromatic rings. The van der Waals surface area contributed by atoms with Crippen molar-refractivity contribution in [3.63, 3.8) is 0 Å². The fourth-order valence-electron chi connectivity index (χ4n) is 3.41. The Balaban J connectivity index is 2.19. The summed E-state index contributed by atoms with van der Waals surface area (Å²) in [7, 11) is 0. The first-order valence-electron chi connectivity index (χ1n) is 6.84. The van der Waals surface area contributed by atoms with Crippen LogP contribution in [0.4, 0.5) is 11.5 Å². The Hall–Kier alpha value is -2.79. The fraction of sp³-hybridized carbons (Fsp3) is 0.133. The van der Waals surface area contributed by atoms with E-state index < -0.39 is 5.41 Å². The number of carbonyl (C=O) groups excluding carboxylic acids is 1. The minimum absolute atomic E-state index is 0.134. The maximum Gasteiger partial charge on any atom is 0.245 e. The van der Waals surface area contributed by atoms with Gasteiger partial charge in [0.15, 0.2) is 5.82 Å². The van der Waals surface area contributed by atoms with Gasteiger partial charge in [-0.05, 0) is 25.1 Å². The summed E-state index contributed by atoms with van der Waals surface area (Å²) >= 11 is 3.43. The minimum Gasteiger partial charge on any atom is -0.384 e.